The van der Waals surface area contributed by atoms with Gasteiger partial charge < -0.3 is 0 Å². The number of hydrogen-bond acceptors (Lipinski definition) is 3. The molecular weight excluding hydrogens is 192 g/mol. The molecule has 70 valence electrons. The van der Waals surface area contributed by atoms with E-state index in [1.807, 2.05) is 23.7 Å². The summed E-state index contributed by atoms with van der Waals surface area (Å²) >= 11 is 1.54. The Hall–Kier alpha value is -1.48. The van der Waals surface area contributed by atoms with E-state index in [2.05, 4.69) is 29.0 Å². The summed E-state index contributed by atoms with van der Waals surface area (Å²) in [5, 5.41) is 2.72. The van der Waals surface area contributed by atoms with Crippen molar-refractivity contribution in [1.29, 1.82) is 0 Å². The maximum absolute atomic E-state index is 4.25. The Kier molecular flexibility index (Phi) is 2.70. The Morgan fingerprint density at radius 1 is 1.29 bits per heavy atom. The molecule has 0 radical (unpaired) electrons. The molecule has 14 heavy (non-hydrogen) atoms. The third kappa shape index (κ3) is 2.26. The van der Waals surface area contributed by atoms with E-state index in [0.29, 0.717) is 0 Å². The van der Waals surface area contributed by atoms with Gasteiger partial charge in [-0.05, 0) is 12.5 Å². The van der Waals surface area contributed by atoms with Crippen LogP contribution in [-0.2, 0) is 0 Å². The molecule has 3 heteroatoms. The molecule has 0 unspecified atom stereocenters. The standard InChI is InChI=1S/C11H10N2S/c1-9-2-4-10(5-3-9)8-13-11-12-6-7-14-11/h2-8H,1H3/b13-8-. The highest BCUT2D eigenvalue weighted by Gasteiger charge is 1.90. The number of aliphatic imine (C=N–C) groups is 1. The first-order chi connectivity index (χ1) is 6.84. The van der Waals surface area contributed by atoms with E-state index in [1.165, 1.54) is 16.9 Å². The van der Waals surface area contributed by atoms with Crippen molar-refractivity contribution in [3.8, 4) is 0 Å². The normalized spacial score (nSPS) is 10.9. The third-order valence-corrected chi connectivity index (χ3v) is 2.50. The first kappa shape index (κ1) is 9.09. The number of rotatable bonds is 2. The van der Waals surface area contributed by atoms with Gasteiger partial charge in [0.05, 0.1) is 0 Å². The summed E-state index contributed by atoms with van der Waals surface area (Å²) in [4.78, 5) is 8.32. The van der Waals surface area contributed by atoms with Crippen molar-refractivity contribution in [2.75, 3.05) is 0 Å². The molecular formula is C11H10N2S. The van der Waals surface area contributed by atoms with Gasteiger partial charge in [-0.2, -0.15) is 0 Å². The van der Waals surface area contributed by atoms with E-state index in [0.717, 1.165) is 10.7 Å². The first-order valence-corrected chi connectivity index (χ1v) is 5.23. The monoisotopic (exact) mass is 202 g/mol. The summed E-state index contributed by atoms with van der Waals surface area (Å²) < 4.78 is 0. The van der Waals surface area contributed by atoms with E-state index in [1.54, 1.807) is 6.20 Å². The van der Waals surface area contributed by atoms with Crippen LogP contribution in [0.1, 0.15) is 11.1 Å². The van der Waals surface area contributed by atoms with Gasteiger partial charge in [0.25, 0.3) is 0 Å². The largest absolute Gasteiger partial charge is 0.227 e. The van der Waals surface area contributed by atoms with Crippen molar-refractivity contribution in [2.24, 2.45) is 4.99 Å². The summed E-state index contributed by atoms with van der Waals surface area (Å²) in [5.74, 6) is 0. The van der Waals surface area contributed by atoms with Crippen LogP contribution in [0.15, 0.2) is 40.8 Å². The SMILES string of the molecule is Cc1ccc(/C=N\c2nccs2)cc1. The Morgan fingerprint density at radius 3 is 2.71 bits per heavy atom. The Labute approximate surface area is 87.0 Å². The minimum atomic E-state index is 0.797. The van der Waals surface area contributed by atoms with Gasteiger partial charge in [0, 0.05) is 17.8 Å². The van der Waals surface area contributed by atoms with Crippen LogP contribution in [0.4, 0.5) is 5.13 Å². The number of hydrogen-bond donors (Lipinski definition) is 0. The van der Waals surface area contributed by atoms with Crippen LogP contribution in [0.25, 0.3) is 0 Å². The first-order valence-electron chi connectivity index (χ1n) is 4.35. The van der Waals surface area contributed by atoms with Gasteiger partial charge in [-0.1, -0.05) is 29.8 Å². The van der Waals surface area contributed by atoms with Gasteiger partial charge in [0.2, 0.25) is 5.13 Å². The summed E-state index contributed by atoms with van der Waals surface area (Å²) in [7, 11) is 0. The Balaban J connectivity index is 2.15. The predicted molar refractivity (Wildman–Crippen MR) is 60.5 cm³/mol. The van der Waals surface area contributed by atoms with Crippen LogP contribution in [0.3, 0.4) is 0 Å². The van der Waals surface area contributed by atoms with Gasteiger partial charge in [0.1, 0.15) is 0 Å². The molecule has 2 nitrogen and oxygen atoms in total. The van der Waals surface area contributed by atoms with Gasteiger partial charge in [0.15, 0.2) is 0 Å². The van der Waals surface area contributed by atoms with Crippen LogP contribution < -0.4 is 0 Å². The zero-order chi connectivity index (χ0) is 9.80. The molecule has 0 aliphatic rings. The molecule has 1 heterocycles. The van der Waals surface area contributed by atoms with Crippen LogP contribution in [0.2, 0.25) is 0 Å². The van der Waals surface area contributed by atoms with Crippen molar-refractivity contribution in [1.82, 2.24) is 4.98 Å². The molecule has 1 aromatic heterocycles. The van der Waals surface area contributed by atoms with E-state index >= 15 is 0 Å². The summed E-state index contributed by atoms with van der Waals surface area (Å²) in [6.07, 6.45) is 3.59. The number of benzene rings is 1. The van der Waals surface area contributed by atoms with Crippen LogP contribution in [0.5, 0.6) is 0 Å². The molecule has 1 aromatic carbocycles. The summed E-state index contributed by atoms with van der Waals surface area (Å²) in [6, 6.07) is 8.24. The molecule has 2 rings (SSSR count). The van der Waals surface area contributed by atoms with Gasteiger partial charge in [-0.15, -0.1) is 11.3 Å². The average molecular weight is 202 g/mol. The highest BCUT2D eigenvalue weighted by atomic mass is 32.1. The van der Waals surface area contributed by atoms with Crippen molar-refractivity contribution in [3.63, 3.8) is 0 Å². The highest BCUT2D eigenvalue weighted by molar-refractivity contribution is 7.13. The number of nitrogens with zero attached hydrogens (tertiary/aromatic N) is 2. The lowest BCUT2D eigenvalue weighted by Gasteiger charge is -1.92. The average Bonchev–Trinajstić information content (AvgIpc) is 2.70. The van der Waals surface area contributed by atoms with Crippen molar-refractivity contribution < 1.29 is 0 Å². The molecule has 0 saturated carbocycles. The molecule has 0 aliphatic carbocycles. The second kappa shape index (κ2) is 4.15. The fourth-order valence-corrected chi connectivity index (χ4v) is 1.54. The lowest BCUT2D eigenvalue weighted by Crippen LogP contribution is -1.79. The minimum Gasteiger partial charge on any atom is -0.227 e. The molecule has 0 spiro atoms. The number of aryl methyl sites for hydroxylation is 1. The lowest BCUT2D eigenvalue weighted by molar-refractivity contribution is 1.36. The van der Waals surface area contributed by atoms with E-state index in [9.17, 15) is 0 Å². The number of thiazole rings is 1. The zero-order valence-corrected chi connectivity index (χ0v) is 8.66. The number of aromatic nitrogens is 1. The van der Waals surface area contributed by atoms with Gasteiger partial charge in [-0.25, -0.2) is 9.98 Å². The molecule has 0 fully saturated rings. The molecule has 0 saturated heterocycles. The van der Waals surface area contributed by atoms with E-state index < -0.39 is 0 Å². The molecule has 0 amide bonds. The fourth-order valence-electron chi connectivity index (χ4n) is 1.06. The third-order valence-electron chi connectivity index (χ3n) is 1.82. The second-order valence-corrected chi connectivity index (χ2v) is 3.86. The van der Waals surface area contributed by atoms with Gasteiger partial charge >= 0.3 is 0 Å². The highest BCUT2D eigenvalue weighted by Crippen LogP contribution is 2.14. The lowest BCUT2D eigenvalue weighted by atomic mass is 10.2. The molecule has 0 atom stereocenters. The molecule has 0 N–H and O–H groups in total. The predicted octanol–water partition coefficient (Wildman–Crippen LogP) is 3.20. The van der Waals surface area contributed by atoms with Crippen LogP contribution in [0, 0.1) is 6.92 Å². The molecule has 2 aromatic rings. The Morgan fingerprint density at radius 2 is 2.07 bits per heavy atom. The smallest absolute Gasteiger partial charge is 0.208 e. The van der Waals surface area contributed by atoms with Crippen LogP contribution >= 0.6 is 11.3 Å². The minimum absolute atomic E-state index is 0.797. The summed E-state index contributed by atoms with van der Waals surface area (Å²) in [6.45, 7) is 2.07. The van der Waals surface area contributed by atoms with Crippen molar-refractivity contribution in [2.45, 2.75) is 6.92 Å². The maximum Gasteiger partial charge on any atom is 0.208 e. The van der Waals surface area contributed by atoms with Crippen molar-refractivity contribution >= 4 is 22.7 Å². The molecule has 0 bridgehead atoms. The zero-order valence-electron chi connectivity index (χ0n) is 7.84. The van der Waals surface area contributed by atoms with Crippen molar-refractivity contribution in [3.05, 3.63) is 47.0 Å². The Bertz CT molecular complexity index is 415. The van der Waals surface area contributed by atoms with E-state index in [4.69, 9.17) is 0 Å². The molecule has 0 aliphatic heterocycles. The fraction of sp³-hybridized carbons (Fsp3) is 0.0909. The van der Waals surface area contributed by atoms with Gasteiger partial charge in [-0.3, -0.25) is 0 Å². The quantitative estimate of drug-likeness (QED) is 0.686. The summed E-state index contributed by atoms with van der Waals surface area (Å²) in [5.41, 5.74) is 2.36. The topological polar surface area (TPSA) is 25.2 Å². The second-order valence-electron chi connectivity index (χ2n) is 2.98. The maximum atomic E-state index is 4.25. The van der Waals surface area contributed by atoms with E-state index in [-0.39, 0.29) is 0 Å². The van der Waals surface area contributed by atoms with Crippen LogP contribution in [-0.4, -0.2) is 11.2 Å².